The van der Waals surface area contributed by atoms with Crippen molar-refractivity contribution in [3.8, 4) is 11.4 Å². The molecule has 4 rings (SSSR count). The summed E-state index contributed by atoms with van der Waals surface area (Å²) in [5, 5.41) is 14.2. The Kier molecular flexibility index (Phi) is 5.28. The van der Waals surface area contributed by atoms with Gasteiger partial charge in [-0.2, -0.15) is 5.10 Å². The van der Waals surface area contributed by atoms with Crippen LogP contribution in [0.5, 0.6) is 5.75 Å². The van der Waals surface area contributed by atoms with E-state index in [0.29, 0.717) is 25.9 Å². The zero-order valence-electron chi connectivity index (χ0n) is 16.9. The van der Waals surface area contributed by atoms with E-state index in [1.165, 1.54) is 4.90 Å². The van der Waals surface area contributed by atoms with E-state index >= 15 is 0 Å². The molecule has 0 spiro atoms. The van der Waals surface area contributed by atoms with Crippen LogP contribution >= 0.6 is 0 Å². The molecule has 0 aliphatic carbocycles. The van der Waals surface area contributed by atoms with Gasteiger partial charge in [-0.25, -0.2) is 13.5 Å². The molecule has 3 aromatic rings. The summed E-state index contributed by atoms with van der Waals surface area (Å²) in [6, 6.07) is 11.9. The van der Waals surface area contributed by atoms with Crippen LogP contribution in [0.4, 0.5) is 8.78 Å². The molecule has 0 atom stereocenters. The second-order valence-corrected chi connectivity index (χ2v) is 7.73. The van der Waals surface area contributed by atoms with Gasteiger partial charge in [-0.3, -0.25) is 4.79 Å². The number of rotatable bonds is 3. The van der Waals surface area contributed by atoms with Crippen LogP contribution in [0.15, 0.2) is 42.5 Å². The van der Waals surface area contributed by atoms with E-state index in [1.54, 1.807) is 0 Å². The molecule has 2 aromatic carbocycles. The number of carbonyl (C=O) groups is 1. The Labute approximate surface area is 173 Å². The van der Waals surface area contributed by atoms with Crippen molar-refractivity contribution in [1.82, 2.24) is 14.7 Å². The minimum atomic E-state index is -1.21. The second kappa shape index (κ2) is 7.89. The maximum Gasteiger partial charge on any atom is 0.259 e. The first-order chi connectivity index (χ1) is 14.4. The number of halogens is 2. The maximum atomic E-state index is 14.1. The van der Waals surface area contributed by atoms with Crippen LogP contribution in [0.2, 0.25) is 0 Å². The SMILES string of the molecule is Cc1cc(C2CCN(C(=O)c3c(F)ccc(O)c3F)CC2)n(-c2ccccc2C)n1. The number of hydrogen-bond donors (Lipinski definition) is 1. The fraction of sp³-hybridized carbons (Fsp3) is 0.304. The average molecular weight is 411 g/mol. The lowest BCUT2D eigenvalue weighted by atomic mass is 9.92. The summed E-state index contributed by atoms with van der Waals surface area (Å²) in [6.45, 7) is 4.73. The predicted octanol–water partition coefficient (Wildman–Crippen LogP) is 4.49. The summed E-state index contributed by atoms with van der Waals surface area (Å²) in [5.74, 6) is -3.47. The van der Waals surface area contributed by atoms with E-state index in [9.17, 15) is 18.7 Å². The zero-order chi connectivity index (χ0) is 21.4. The van der Waals surface area contributed by atoms with E-state index in [1.807, 2.05) is 42.8 Å². The highest BCUT2D eigenvalue weighted by atomic mass is 19.1. The molecular formula is C23H23F2N3O2. The van der Waals surface area contributed by atoms with Crippen LogP contribution in [0, 0.1) is 25.5 Å². The molecule has 7 heteroatoms. The standard InChI is InChI=1S/C23H23F2N3O2/c1-14-5-3-4-6-18(14)28-19(13-15(2)26-28)16-9-11-27(12-10-16)23(30)21-17(24)7-8-20(29)22(21)25/h3-8,13,16,29H,9-12H2,1-2H3. The normalized spacial score (nSPS) is 14.9. The van der Waals surface area contributed by atoms with Crippen molar-refractivity contribution in [1.29, 1.82) is 0 Å². The molecule has 1 aliphatic rings. The summed E-state index contributed by atoms with van der Waals surface area (Å²) >= 11 is 0. The first-order valence-electron chi connectivity index (χ1n) is 9.95. The van der Waals surface area contributed by atoms with Gasteiger partial charge >= 0.3 is 0 Å². The molecule has 1 N–H and O–H groups in total. The first kappa shape index (κ1) is 20.1. The third-order valence-corrected chi connectivity index (χ3v) is 5.69. The van der Waals surface area contributed by atoms with Crippen molar-refractivity contribution in [3.05, 3.63) is 76.6 Å². The molecule has 1 aromatic heterocycles. The quantitative estimate of drug-likeness (QED) is 0.691. The minimum Gasteiger partial charge on any atom is -0.505 e. The molecule has 0 unspecified atom stereocenters. The number of likely N-dealkylation sites (tertiary alicyclic amines) is 1. The van der Waals surface area contributed by atoms with E-state index in [0.717, 1.165) is 34.8 Å². The zero-order valence-corrected chi connectivity index (χ0v) is 16.9. The summed E-state index contributed by atoms with van der Waals surface area (Å²) in [6.07, 6.45) is 1.32. The third-order valence-electron chi connectivity index (χ3n) is 5.69. The Morgan fingerprint density at radius 1 is 1.10 bits per heavy atom. The number of carbonyl (C=O) groups excluding carboxylic acids is 1. The van der Waals surface area contributed by atoms with E-state index < -0.39 is 28.9 Å². The lowest BCUT2D eigenvalue weighted by molar-refractivity contribution is 0.0700. The number of nitrogens with zero attached hydrogens (tertiary/aromatic N) is 3. The van der Waals surface area contributed by atoms with Gasteiger partial charge in [-0.05, 0) is 56.5 Å². The maximum absolute atomic E-state index is 14.1. The molecular weight excluding hydrogens is 388 g/mol. The topological polar surface area (TPSA) is 58.4 Å². The van der Waals surface area contributed by atoms with Crippen LogP contribution in [0.3, 0.4) is 0 Å². The van der Waals surface area contributed by atoms with Crippen molar-refractivity contribution < 1.29 is 18.7 Å². The Bertz CT molecular complexity index is 1100. The molecule has 156 valence electrons. The minimum absolute atomic E-state index is 0.175. The van der Waals surface area contributed by atoms with Crippen LogP contribution < -0.4 is 0 Å². The molecule has 0 radical (unpaired) electrons. The summed E-state index contributed by atoms with van der Waals surface area (Å²) in [4.78, 5) is 14.1. The molecule has 0 bridgehead atoms. The van der Waals surface area contributed by atoms with Crippen LogP contribution in [-0.2, 0) is 0 Å². The highest BCUT2D eigenvalue weighted by Gasteiger charge is 2.30. The number of hydrogen-bond acceptors (Lipinski definition) is 3. The molecule has 0 saturated carbocycles. The van der Waals surface area contributed by atoms with Gasteiger partial charge in [-0.15, -0.1) is 0 Å². The van der Waals surface area contributed by atoms with Gasteiger partial charge in [0.15, 0.2) is 11.6 Å². The molecule has 1 amide bonds. The van der Waals surface area contributed by atoms with Gasteiger partial charge in [0.1, 0.15) is 11.4 Å². The number of piperidine rings is 1. The fourth-order valence-electron chi connectivity index (χ4n) is 4.08. The molecule has 2 heterocycles. The lowest BCUT2D eigenvalue weighted by Crippen LogP contribution is -2.39. The second-order valence-electron chi connectivity index (χ2n) is 7.73. The molecule has 30 heavy (non-hydrogen) atoms. The number of aryl methyl sites for hydroxylation is 2. The number of amides is 1. The van der Waals surface area contributed by atoms with E-state index in [2.05, 4.69) is 11.2 Å². The molecule has 1 aliphatic heterocycles. The first-order valence-corrected chi connectivity index (χ1v) is 9.95. The van der Waals surface area contributed by atoms with E-state index in [-0.39, 0.29) is 5.92 Å². The number of para-hydroxylation sites is 1. The summed E-state index contributed by atoms with van der Waals surface area (Å²) in [5.41, 5.74) is 3.42. The van der Waals surface area contributed by atoms with Crippen molar-refractivity contribution in [2.24, 2.45) is 0 Å². The fourth-order valence-corrected chi connectivity index (χ4v) is 4.08. The number of phenols is 1. The van der Waals surface area contributed by atoms with Gasteiger partial charge in [0.25, 0.3) is 5.91 Å². The van der Waals surface area contributed by atoms with Crippen molar-refractivity contribution in [3.63, 3.8) is 0 Å². The Morgan fingerprint density at radius 2 is 1.80 bits per heavy atom. The van der Waals surface area contributed by atoms with Gasteiger partial charge in [0, 0.05) is 24.7 Å². The Balaban J connectivity index is 1.55. The Hall–Kier alpha value is -3.22. The summed E-state index contributed by atoms with van der Waals surface area (Å²) in [7, 11) is 0. The van der Waals surface area contributed by atoms with Gasteiger partial charge in [0.2, 0.25) is 0 Å². The smallest absolute Gasteiger partial charge is 0.259 e. The monoisotopic (exact) mass is 411 g/mol. The van der Waals surface area contributed by atoms with Crippen LogP contribution in [0.25, 0.3) is 5.69 Å². The van der Waals surface area contributed by atoms with Crippen molar-refractivity contribution in [2.75, 3.05) is 13.1 Å². The number of aromatic hydroxyl groups is 1. The third kappa shape index (κ3) is 3.56. The van der Waals surface area contributed by atoms with Gasteiger partial charge in [-0.1, -0.05) is 18.2 Å². The number of phenolic OH excluding ortho intramolecular Hbond substituents is 1. The Morgan fingerprint density at radius 3 is 2.50 bits per heavy atom. The number of benzene rings is 2. The van der Waals surface area contributed by atoms with Gasteiger partial charge < -0.3 is 10.0 Å². The largest absolute Gasteiger partial charge is 0.505 e. The molecule has 1 saturated heterocycles. The molecule has 1 fully saturated rings. The van der Waals surface area contributed by atoms with Crippen LogP contribution in [-0.4, -0.2) is 38.8 Å². The summed E-state index contributed by atoms with van der Waals surface area (Å²) < 4.78 is 30.1. The molecule has 5 nitrogen and oxygen atoms in total. The van der Waals surface area contributed by atoms with Crippen molar-refractivity contribution >= 4 is 5.91 Å². The predicted molar refractivity (Wildman–Crippen MR) is 109 cm³/mol. The van der Waals surface area contributed by atoms with Crippen LogP contribution in [0.1, 0.15) is 46.1 Å². The highest BCUT2D eigenvalue weighted by molar-refractivity contribution is 5.95. The van der Waals surface area contributed by atoms with Gasteiger partial charge in [0.05, 0.1) is 11.4 Å². The average Bonchev–Trinajstić information content (AvgIpc) is 3.13. The number of aromatic nitrogens is 2. The highest BCUT2D eigenvalue weighted by Crippen LogP contribution is 2.32. The van der Waals surface area contributed by atoms with Crippen molar-refractivity contribution in [2.45, 2.75) is 32.6 Å². The van der Waals surface area contributed by atoms with E-state index in [4.69, 9.17) is 0 Å². The lowest BCUT2D eigenvalue weighted by Gasteiger charge is -2.32.